The zero-order chi connectivity index (χ0) is 24.1. The fraction of sp³-hybridized carbons (Fsp3) is 0.292. The van der Waals surface area contributed by atoms with Crippen LogP contribution in [-0.4, -0.2) is 38.7 Å². The molecule has 2 aromatic heterocycles. The van der Waals surface area contributed by atoms with Gasteiger partial charge in [0.2, 0.25) is 5.95 Å². The number of hydrogen-bond donors (Lipinski definition) is 2. The fourth-order valence-corrected chi connectivity index (χ4v) is 4.27. The number of primary amides is 1. The van der Waals surface area contributed by atoms with Gasteiger partial charge in [-0.25, -0.2) is 4.98 Å². The fourth-order valence-electron chi connectivity index (χ4n) is 4.27. The smallest absolute Gasteiger partial charge is 0.254 e. The van der Waals surface area contributed by atoms with Gasteiger partial charge in [-0.2, -0.15) is 20.0 Å². The van der Waals surface area contributed by atoms with Gasteiger partial charge in [-0.1, -0.05) is 12.1 Å². The number of halogens is 1. The first-order chi connectivity index (χ1) is 16.4. The van der Waals surface area contributed by atoms with Gasteiger partial charge < -0.3 is 11.1 Å². The minimum Gasteiger partial charge on any atom is -0.365 e. The Kier molecular flexibility index (Phi) is 6.53. The molecule has 1 amide bonds. The van der Waals surface area contributed by atoms with Crippen LogP contribution in [0.4, 0.5) is 15.9 Å². The number of amides is 1. The molecular weight excluding hydrogens is 435 g/mol. The van der Waals surface area contributed by atoms with Crippen molar-refractivity contribution in [2.75, 3.05) is 18.4 Å². The van der Waals surface area contributed by atoms with Crippen LogP contribution in [0.2, 0.25) is 0 Å². The molecule has 4 rings (SSSR count). The molecule has 3 N–H and O–H groups in total. The Labute approximate surface area is 196 Å². The van der Waals surface area contributed by atoms with Crippen LogP contribution in [-0.2, 0) is 12.1 Å². The predicted molar refractivity (Wildman–Crippen MR) is 122 cm³/mol. The Balaban J connectivity index is 1.55. The summed E-state index contributed by atoms with van der Waals surface area (Å²) in [7, 11) is 0. The summed E-state index contributed by atoms with van der Waals surface area (Å²) in [6.07, 6.45) is 4.36. The van der Waals surface area contributed by atoms with Crippen LogP contribution in [0, 0.1) is 28.6 Å². The third kappa shape index (κ3) is 4.87. The molecule has 1 aliphatic rings. The Morgan fingerprint density at radius 3 is 2.71 bits per heavy atom. The number of benzene rings is 1. The molecule has 0 saturated carbocycles. The number of nitriles is 2. The van der Waals surface area contributed by atoms with E-state index >= 15 is 0 Å². The molecule has 34 heavy (non-hydrogen) atoms. The molecule has 1 saturated heterocycles. The molecule has 10 heteroatoms. The van der Waals surface area contributed by atoms with Gasteiger partial charge in [0.05, 0.1) is 29.7 Å². The van der Waals surface area contributed by atoms with E-state index in [0.29, 0.717) is 43.7 Å². The molecule has 3 aromatic rings. The molecule has 3 heterocycles. The number of nitrogens with two attached hydrogens (primary N) is 1. The number of carbonyl (C=O) groups excluding carboxylic acids is 1. The summed E-state index contributed by atoms with van der Waals surface area (Å²) >= 11 is 0. The maximum absolute atomic E-state index is 13.5. The van der Waals surface area contributed by atoms with Crippen molar-refractivity contribution >= 4 is 17.4 Å². The Morgan fingerprint density at radius 1 is 1.24 bits per heavy atom. The summed E-state index contributed by atoms with van der Waals surface area (Å²) in [6, 6.07) is 14.7. The summed E-state index contributed by atoms with van der Waals surface area (Å²) in [5.41, 5.74) is 7.18. The second-order valence-electron chi connectivity index (χ2n) is 8.34. The lowest BCUT2D eigenvalue weighted by atomic mass is 9.84. The molecule has 0 atom stereocenters. The second-order valence-corrected chi connectivity index (χ2v) is 8.34. The lowest BCUT2D eigenvalue weighted by Gasteiger charge is -2.40. The molecule has 0 radical (unpaired) electrons. The summed E-state index contributed by atoms with van der Waals surface area (Å²) in [5, 5.41) is 26.2. The SMILES string of the molecule is N#CCC1(n2cc(C(N)=O)c(Nc3ccnc(F)c3)n2)CCN(Cc2cccc(C#N)c2)CC1. The third-order valence-electron chi connectivity index (χ3n) is 6.11. The van der Waals surface area contributed by atoms with E-state index in [2.05, 4.69) is 32.4 Å². The maximum atomic E-state index is 13.5. The zero-order valence-corrected chi connectivity index (χ0v) is 18.4. The number of aromatic nitrogens is 3. The van der Waals surface area contributed by atoms with Crippen molar-refractivity contribution in [3.05, 3.63) is 71.4 Å². The van der Waals surface area contributed by atoms with E-state index in [-0.39, 0.29) is 17.8 Å². The van der Waals surface area contributed by atoms with Crippen molar-refractivity contribution in [3.63, 3.8) is 0 Å². The lowest BCUT2D eigenvalue weighted by molar-refractivity contribution is 0.0967. The number of pyridine rings is 1. The van der Waals surface area contributed by atoms with Gasteiger partial charge in [-0.3, -0.25) is 14.4 Å². The average Bonchev–Trinajstić information content (AvgIpc) is 3.25. The van der Waals surface area contributed by atoms with Gasteiger partial charge in [0.15, 0.2) is 5.82 Å². The van der Waals surface area contributed by atoms with Crippen molar-refractivity contribution in [1.29, 1.82) is 10.5 Å². The number of hydrogen-bond acceptors (Lipinski definition) is 7. The summed E-state index contributed by atoms with van der Waals surface area (Å²) < 4.78 is 15.2. The molecule has 0 aliphatic carbocycles. The minimum atomic E-state index is -0.676. The normalized spacial score (nSPS) is 15.3. The number of piperidine rings is 1. The maximum Gasteiger partial charge on any atom is 0.254 e. The topological polar surface area (TPSA) is 137 Å². The van der Waals surface area contributed by atoms with E-state index in [1.165, 1.54) is 12.3 Å². The molecule has 1 aliphatic heterocycles. The highest BCUT2D eigenvalue weighted by Crippen LogP contribution is 2.35. The molecule has 0 unspecified atom stereocenters. The number of likely N-dealkylation sites (tertiary alicyclic amines) is 1. The van der Waals surface area contributed by atoms with Gasteiger partial charge in [-0.15, -0.1) is 0 Å². The van der Waals surface area contributed by atoms with E-state index < -0.39 is 17.4 Å². The highest BCUT2D eigenvalue weighted by Gasteiger charge is 2.38. The molecule has 172 valence electrons. The first-order valence-corrected chi connectivity index (χ1v) is 10.8. The number of nitrogens with zero attached hydrogens (tertiary/aromatic N) is 6. The van der Waals surface area contributed by atoms with Gasteiger partial charge in [0.1, 0.15) is 5.56 Å². The van der Waals surface area contributed by atoms with E-state index in [0.717, 1.165) is 5.56 Å². The van der Waals surface area contributed by atoms with E-state index in [9.17, 15) is 14.4 Å². The number of carbonyl (C=O) groups is 1. The van der Waals surface area contributed by atoms with Crippen LogP contribution in [0.3, 0.4) is 0 Å². The number of anilines is 2. The Morgan fingerprint density at radius 2 is 2.03 bits per heavy atom. The molecule has 0 spiro atoms. The molecule has 9 nitrogen and oxygen atoms in total. The van der Waals surface area contributed by atoms with Crippen LogP contribution in [0.15, 0.2) is 48.8 Å². The van der Waals surface area contributed by atoms with Crippen LogP contribution in [0.5, 0.6) is 0 Å². The van der Waals surface area contributed by atoms with Crippen LogP contribution < -0.4 is 11.1 Å². The standard InChI is InChI=1S/C24H23FN8O/c25-21-13-19(4-9-29-21)30-23-20(22(28)34)16-33(31-23)24(5-8-26)6-10-32(11-7-24)15-18-3-1-2-17(12-18)14-27/h1-4,9,12-13,16H,5-7,10-11,15H2,(H2,28,34)(H,29,30,31). The molecular formula is C24H23FN8O. The van der Waals surface area contributed by atoms with Gasteiger partial charge >= 0.3 is 0 Å². The quantitative estimate of drug-likeness (QED) is 0.519. The molecule has 1 aromatic carbocycles. The Hall–Kier alpha value is -4.28. The number of nitrogens with one attached hydrogen (secondary N) is 1. The summed E-state index contributed by atoms with van der Waals surface area (Å²) in [4.78, 5) is 17.9. The van der Waals surface area contributed by atoms with Gasteiger partial charge in [0, 0.05) is 43.8 Å². The highest BCUT2D eigenvalue weighted by atomic mass is 19.1. The van der Waals surface area contributed by atoms with E-state index in [4.69, 9.17) is 11.0 Å². The van der Waals surface area contributed by atoms with Crippen molar-refractivity contribution in [3.8, 4) is 12.1 Å². The monoisotopic (exact) mass is 458 g/mol. The third-order valence-corrected chi connectivity index (χ3v) is 6.11. The second kappa shape index (κ2) is 9.69. The van der Waals surface area contributed by atoms with Crippen molar-refractivity contribution in [2.45, 2.75) is 31.3 Å². The zero-order valence-electron chi connectivity index (χ0n) is 18.4. The van der Waals surface area contributed by atoms with Crippen LogP contribution in [0.25, 0.3) is 0 Å². The van der Waals surface area contributed by atoms with Crippen molar-refractivity contribution in [2.24, 2.45) is 5.73 Å². The van der Waals surface area contributed by atoms with Crippen molar-refractivity contribution < 1.29 is 9.18 Å². The molecule has 0 bridgehead atoms. The summed E-state index contributed by atoms with van der Waals surface area (Å²) in [6.45, 7) is 2.12. The Bertz CT molecular complexity index is 1280. The first kappa shape index (κ1) is 22.9. The highest BCUT2D eigenvalue weighted by molar-refractivity contribution is 5.98. The van der Waals surface area contributed by atoms with Crippen molar-refractivity contribution in [1.82, 2.24) is 19.7 Å². The summed E-state index contributed by atoms with van der Waals surface area (Å²) in [5.74, 6) is -1.14. The van der Waals surface area contributed by atoms with Crippen LogP contribution in [0.1, 0.15) is 40.7 Å². The van der Waals surface area contributed by atoms with E-state index in [1.54, 1.807) is 23.0 Å². The van der Waals surface area contributed by atoms with Gasteiger partial charge in [-0.05, 0) is 36.6 Å². The first-order valence-electron chi connectivity index (χ1n) is 10.8. The minimum absolute atomic E-state index is 0.158. The molecule has 1 fully saturated rings. The lowest BCUT2D eigenvalue weighted by Crippen LogP contribution is -2.46. The predicted octanol–water partition coefficient (Wildman–Crippen LogP) is 3.04. The average molecular weight is 459 g/mol. The van der Waals surface area contributed by atoms with E-state index in [1.807, 2.05) is 18.2 Å². The van der Waals surface area contributed by atoms with Crippen LogP contribution >= 0.6 is 0 Å². The number of rotatable bonds is 7. The van der Waals surface area contributed by atoms with Gasteiger partial charge in [0.25, 0.3) is 5.91 Å². The largest absolute Gasteiger partial charge is 0.365 e.